The average Bonchev–Trinajstić information content (AvgIpc) is 3.16. The molecule has 0 saturated carbocycles. The quantitative estimate of drug-likeness (QED) is 0.782. The average molecular weight is 330 g/mol. The standard InChI is InChI=1S/C16H16ClN5O/c1-2-22-14(6-8-18-22)16(23)19-15-7-9-21(20-15)11-12-4-3-5-13(17)10-12/h3-10H,2,11H2,1H3,(H,19,20,23). The smallest absolute Gasteiger partial charge is 0.275 e. The Kier molecular flexibility index (Phi) is 4.43. The van der Waals surface area contributed by atoms with Crippen molar-refractivity contribution < 1.29 is 4.79 Å². The zero-order valence-electron chi connectivity index (χ0n) is 12.6. The number of nitrogens with zero attached hydrogens (tertiary/aromatic N) is 4. The van der Waals surface area contributed by atoms with Crippen molar-refractivity contribution in [3.8, 4) is 0 Å². The van der Waals surface area contributed by atoms with Crippen molar-refractivity contribution >= 4 is 23.3 Å². The van der Waals surface area contributed by atoms with Gasteiger partial charge < -0.3 is 5.32 Å². The van der Waals surface area contributed by atoms with E-state index in [2.05, 4.69) is 15.5 Å². The molecule has 0 bridgehead atoms. The summed E-state index contributed by atoms with van der Waals surface area (Å²) in [6, 6.07) is 11.0. The van der Waals surface area contributed by atoms with E-state index in [1.165, 1.54) is 0 Å². The van der Waals surface area contributed by atoms with Crippen LogP contribution in [-0.4, -0.2) is 25.5 Å². The number of hydrogen-bond donors (Lipinski definition) is 1. The van der Waals surface area contributed by atoms with E-state index in [1.54, 1.807) is 27.7 Å². The van der Waals surface area contributed by atoms with Crippen molar-refractivity contribution in [3.05, 3.63) is 65.1 Å². The van der Waals surface area contributed by atoms with E-state index in [0.29, 0.717) is 29.6 Å². The van der Waals surface area contributed by atoms with Crippen molar-refractivity contribution in [3.63, 3.8) is 0 Å². The van der Waals surface area contributed by atoms with Gasteiger partial charge in [-0.1, -0.05) is 23.7 Å². The molecular formula is C16H16ClN5O. The SMILES string of the molecule is CCn1nccc1C(=O)Nc1ccn(Cc2cccc(Cl)c2)n1. The predicted molar refractivity (Wildman–Crippen MR) is 88.6 cm³/mol. The lowest BCUT2D eigenvalue weighted by atomic mass is 10.2. The maximum absolute atomic E-state index is 12.2. The topological polar surface area (TPSA) is 64.7 Å². The minimum absolute atomic E-state index is 0.225. The second-order valence-electron chi connectivity index (χ2n) is 5.01. The van der Waals surface area contributed by atoms with E-state index in [-0.39, 0.29) is 5.91 Å². The zero-order valence-corrected chi connectivity index (χ0v) is 13.4. The van der Waals surface area contributed by atoms with E-state index in [0.717, 1.165) is 5.56 Å². The predicted octanol–water partition coefficient (Wildman–Crippen LogP) is 3.05. The Labute approximate surface area is 138 Å². The zero-order chi connectivity index (χ0) is 16.2. The fraction of sp³-hybridized carbons (Fsp3) is 0.188. The number of nitrogens with one attached hydrogen (secondary N) is 1. The fourth-order valence-corrected chi connectivity index (χ4v) is 2.51. The summed E-state index contributed by atoms with van der Waals surface area (Å²) in [5.41, 5.74) is 1.56. The summed E-state index contributed by atoms with van der Waals surface area (Å²) in [6.07, 6.45) is 3.42. The molecule has 118 valence electrons. The number of aromatic nitrogens is 4. The molecule has 6 nitrogen and oxygen atoms in total. The van der Waals surface area contributed by atoms with Gasteiger partial charge in [0.1, 0.15) is 5.69 Å². The number of hydrogen-bond acceptors (Lipinski definition) is 3. The van der Waals surface area contributed by atoms with Gasteiger partial charge in [-0.15, -0.1) is 0 Å². The number of halogens is 1. The van der Waals surface area contributed by atoms with Gasteiger partial charge in [-0.25, -0.2) is 0 Å². The molecule has 3 aromatic rings. The van der Waals surface area contributed by atoms with Crippen LogP contribution in [-0.2, 0) is 13.1 Å². The largest absolute Gasteiger partial charge is 0.304 e. The van der Waals surface area contributed by atoms with Crippen LogP contribution in [0.5, 0.6) is 0 Å². The summed E-state index contributed by atoms with van der Waals surface area (Å²) in [5, 5.41) is 11.9. The fourth-order valence-electron chi connectivity index (χ4n) is 2.30. The van der Waals surface area contributed by atoms with Crippen LogP contribution in [0.1, 0.15) is 23.0 Å². The molecule has 0 unspecified atom stereocenters. The lowest BCUT2D eigenvalue weighted by Gasteiger charge is -2.05. The number of carbonyl (C=O) groups is 1. The molecule has 0 radical (unpaired) electrons. The van der Waals surface area contributed by atoms with Crippen LogP contribution >= 0.6 is 11.6 Å². The van der Waals surface area contributed by atoms with Crippen LogP contribution < -0.4 is 5.32 Å². The molecule has 0 atom stereocenters. The van der Waals surface area contributed by atoms with Gasteiger partial charge >= 0.3 is 0 Å². The summed E-state index contributed by atoms with van der Waals surface area (Å²) in [7, 11) is 0. The van der Waals surface area contributed by atoms with Crippen LogP contribution in [0.25, 0.3) is 0 Å². The number of carbonyl (C=O) groups excluding carboxylic acids is 1. The molecule has 0 spiro atoms. The molecule has 1 amide bonds. The summed E-state index contributed by atoms with van der Waals surface area (Å²) in [4.78, 5) is 12.2. The van der Waals surface area contributed by atoms with Gasteiger partial charge in [0.05, 0.1) is 6.54 Å². The monoisotopic (exact) mass is 329 g/mol. The number of benzene rings is 1. The molecule has 1 N–H and O–H groups in total. The third-order valence-electron chi connectivity index (χ3n) is 3.36. The summed E-state index contributed by atoms with van der Waals surface area (Å²) in [6.45, 7) is 3.16. The second kappa shape index (κ2) is 6.66. The molecule has 2 heterocycles. The highest BCUT2D eigenvalue weighted by atomic mass is 35.5. The van der Waals surface area contributed by atoms with E-state index in [4.69, 9.17) is 11.6 Å². The molecule has 7 heteroatoms. The number of rotatable bonds is 5. The highest BCUT2D eigenvalue weighted by molar-refractivity contribution is 6.30. The maximum Gasteiger partial charge on any atom is 0.275 e. The first-order valence-electron chi connectivity index (χ1n) is 7.27. The van der Waals surface area contributed by atoms with Crippen molar-refractivity contribution in [1.82, 2.24) is 19.6 Å². The maximum atomic E-state index is 12.2. The highest BCUT2D eigenvalue weighted by Gasteiger charge is 2.12. The summed E-state index contributed by atoms with van der Waals surface area (Å²) >= 11 is 5.98. The highest BCUT2D eigenvalue weighted by Crippen LogP contribution is 2.13. The first-order valence-corrected chi connectivity index (χ1v) is 7.64. The van der Waals surface area contributed by atoms with Gasteiger partial charge in [-0.2, -0.15) is 10.2 Å². The molecule has 3 rings (SSSR count). The molecule has 23 heavy (non-hydrogen) atoms. The van der Waals surface area contributed by atoms with Gasteiger partial charge in [0.15, 0.2) is 5.82 Å². The normalized spacial score (nSPS) is 10.7. The van der Waals surface area contributed by atoms with Gasteiger partial charge in [0, 0.05) is 30.0 Å². The van der Waals surface area contributed by atoms with Crippen LogP contribution in [0.4, 0.5) is 5.82 Å². The van der Waals surface area contributed by atoms with Crippen LogP contribution in [0.3, 0.4) is 0 Å². The van der Waals surface area contributed by atoms with Crippen LogP contribution in [0, 0.1) is 0 Å². The van der Waals surface area contributed by atoms with E-state index in [1.807, 2.05) is 37.4 Å². The van der Waals surface area contributed by atoms with Crippen molar-refractivity contribution in [2.45, 2.75) is 20.0 Å². The molecular weight excluding hydrogens is 314 g/mol. The van der Waals surface area contributed by atoms with Crippen molar-refractivity contribution in [2.24, 2.45) is 0 Å². The van der Waals surface area contributed by atoms with E-state index in [9.17, 15) is 4.79 Å². The minimum Gasteiger partial charge on any atom is -0.304 e. The summed E-state index contributed by atoms with van der Waals surface area (Å²) in [5.74, 6) is 0.276. The summed E-state index contributed by atoms with van der Waals surface area (Å²) < 4.78 is 3.39. The lowest BCUT2D eigenvalue weighted by Crippen LogP contribution is -2.17. The third-order valence-corrected chi connectivity index (χ3v) is 3.60. The Hall–Kier alpha value is -2.60. The van der Waals surface area contributed by atoms with Crippen LogP contribution in [0.2, 0.25) is 5.02 Å². The Bertz CT molecular complexity index is 823. The Morgan fingerprint density at radius 1 is 1.30 bits per heavy atom. The van der Waals surface area contributed by atoms with Gasteiger partial charge in [0.2, 0.25) is 0 Å². The second-order valence-corrected chi connectivity index (χ2v) is 5.45. The molecule has 0 saturated heterocycles. The number of aryl methyl sites for hydroxylation is 1. The minimum atomic E-state index is -0.225. The Balaban J connectivity index is 1.69. The molecule has 0 aliphatic heterocycles. The van der Waals surface area contributed by atoms with Gasteiger partial charge in [-0.05, 0) is 30.7 Å². The van der Waals surface area contributed by atoms with E-state index >= 15 is 0 Å². The number of anilines is 1. The lowest BCUT2D eigenvalue weighted by molar-refractivity contribution is 0.101. The van der Waals surface area contributed by atoms with Crippen molar-refractivity contribution in [1.29, 1.82) is 0 Å². The van der Waals surface area contributed by atoms with Crippen molar-refractivity contribution in [2.75, 3.05) is 5.32 Å². The van der Waals surface area contributed by atoms with Gasteiger partial charge in [-0.3, -0.25) is 14.2 Å². The van der Waals surface area contributed by atoms with Crippen LogP contribution in [0.15, 0.2) is 48.8 Å². The number of amides is 1. The first kappa shape index (κ1) is 15.3. The van der Waals surface area contributed by atoms with Gasteiger partial charge in [0.25, 0.3) is 5.91 Å². The first-order chi connectivity index (χ1) is 11.2. The molecule has 2 aromatic heterocycles. The molecule has 0 aliphatic rings. The molecule has 0 fully saturated rings. The van der Waals surface area contributed by atoms with E-state index < -0.39 is 0 Å². The Morgan fingerprint density at radius 3 is 2.96 bits per heavy atom. The molecule has 1 aromatic carbocycles. The Morgan fingerprint density at radius 2 is 2.17 bits per heavy atom. The molecule has 0 aliphatic carbocycles. The third kappa shape index (κ3) is 3.60.